The first-order chi connectivity index (χ1) is 7.49. The van der Waals surface area contributed by atoms with Crippen molar-refractivity contribution in [2.75, 3.05) is 0 Å². The third-order valence-corrected chi connectivity index (χ3v) is 1.82. The van der Waals surface area contributed by atoms with Gasteiger partial charge < -0.3 is 4.74 Å². The molecule has 1 aromatic carbocycles. The van der Waals surface area contributed by atoms with Gasteiger partial charge in [0, 0.05) is 6.42 Å². The minimum Gasteiger partial charge on any atom is -0.457 e. The van der Waals surface area contributed by atoms with Crippen molar-refractivity contribution in [2.24, 2.45) is 0 Å². The molecule has 16 heavy (non-hydrogen) atoms. The number of esters is 1. The third-order valence-electron chi connectivity index (χ3n) is 1.82. The summed E-state index contributed by atoms with van der Waals surface area (Å²) in [7, 11) is 0. The molecule has 0 bridgehead atoms. The Kier molecular flexibility index (Phi) is 4.17. The lowest BCUT2D eigenvalue weighted by Gasteiger charge is -2.06. The number of carbonyl (C=O) groups excluding carboxylic acids is 2. The Hall–Kier alpha value is -1.71. The summed E-state index contributed by atoms with van der Waals surface area (Å²) in [6, 6.07) is 5.58. The summed E-state index contributed by atoms with van der Waals surface area (Å²) in [5.41, 5.74) is 0.464. The molecule has 0 unspecified atom stereocenters. The van der Waals surface area contributed by atoms with Crippen molar-refractivity contribution < 1.29 is 18.7 Å². The van der Waals surface area contributed by atoms with Gasteiger partial charge in [0.2, 0.25) is 5.78 Å². The van der Waals surface area contributed by atoms with Gasteiger partial charge >= 0.3 is 5.97 Å². The maximum Gasteiger partial charge on any atom is 0.375 e. The molecule has 0 fully saturated rings. The predicted octanol–water partition coefficient (Wildman–Crippen LogP) is 1.89. The highest BCUT2D eigenvalue weighted by Crippen LogP contribution is 2.05. The Labute approximate surface area is 93.2 Å². The molecular formula is C12H13FO3. The minimum atomic E-state index is -0.876. The molecule has 0 aromatic heterocycles. The van der Waals surface area contributed by atoms with E-state index in [2.05, 4.69) is 0 Å². The molecule has 0 heterocycles. The van der Waals surface area contributed by atoms with Crippen molar-refractivity contribution in [3.63, 3.8) is 0 Å². The van der Waals surface area contributed by atoms with Crippen LogP contribution in [0.15, 0.2) is 24.3 Å². The fourth-order valence-corrected chi connectivity index (χ4v) is 1.18. The van der Waals surface area contributed by atoms with E-state index in [0.29, 0.717) is 5.56 Å². The van der Waals surface area contributed by atoms with Crippen LogP contribution in [-0.4, -0.2) is 17.9 Å². The van der Waals surface area contributed by atoms with Gasteiger partial charge in [0.15, 0.2) is 0 Å². The topological polar surface area (TPSA) is 43.4 Å². The van der Waals surface area contributed by atoms with E-state index in [-0.39, 0.29) is 12.5 Å². The number of rotatable bonds is 4. The van der Waals surface area contributed by atoms with Crippen molar-refractivity contribution in [3.05, 3.63) is 35.6 Å². The van der Waals surface area contributed by atoms with Gasteiger partial charge in [0.1, 0.15) is 5.82 Å². The van der Waals surface area contributed by atoms with Crippen molar-refractivity contribution in [2.45, 2.75) is 26.4 Å². The van der Waals surface area contributed by atoms with E-state index in [0.717, 1.165) is 0 Å². The first kappa shape index (κ1) is 12.4. The summed E-state index contributed by atoms with van der Waals surface area (Å²) in [4.78, 5) is 22.5. The molecule has 1 aromatic rings. The molecule has 3 nitrogen and oxygen atoms in total. The maximum atomic E-state index is 12.8. The molecule has 0 amide bonds. The summed E-state index contributed by atoms with van der Waals surface area (Å²) >= 11 is 0. The zero-order valence-corrected chi connectivity index (χ0v) is 9.20. The molecular weight excluding hydrogens is 211 g/mol. The first-order valence-corrected chi connectivity index (χ1v) is 4.97. The molecule has 0 saturated carbocycles. The maximum absolute atomic E-state index is 12.8. The van der Waals surface area contributed by atoms with Crippen LogP contribution in [-0.2, 0) is 20.7 Å². The lowest BCUT2D eigenvalue weighted by Crippen LogP contribution is -2.22. The second-order valence-corrected chi connectivity index (χ2v) is 3.68. The predicted molar refractivity (Wildman–Crippen MR) is 56.3 cm³/mol. The van der Waals surface area contributed by atoms with Crippen LogP contribution in [0.1, 0.15) is 19.4 Å². The average Bonchev–Trinajstić information content (AvgIpc) is 2.16. The number of halogens is 1. The number of hydrogen-bond acceptors (Lipinski definition) is 3. The van der Waals surface area contributed by atoms with Crippen molar-refractivity contribution >= 4 is 11.8 Å². The number of carbonyl (C=O) groups is 2. The van der Waals surface area contributed by atoms with Crippen LogP contribution >= 0.6 is 0 Å². The van der Waals surface area contributed by atoms with Crippen molar-refractivity contribution in [1.29, 1.82) is 0 Å². The lowest BCUT2D eigenvalue weighted by molar-refractivity contribution is -0.156. The van der Waals surface area contributed by atoms with Crippen molar-refractivity contribution in [3.8, 4) is 0 Å². The average molecular weight is 224 g/mol. The highest BCUT2D eigenvalue weighted by Gasteiger charge is 2.17. The number of ether oxygens (including phenoxy) is 1. The van der Waals surface area contributed by atoms with Gasteiger partial charge in [-0.1, -0.05) is 12.1 Å². The van der Waals surface area contributed by atoms with Gasteiger partial charge in [-0.15, -0.1) is 0 Å². The van der Waals surface area contributed by atoms with Crippen LogP contribution in [0, 0.1) is 5.82 Å². The number of ketones is 1. The smallest absolute Gasteiger partial charge is 0.375 e. The largest absolute Gasteiger partial charge is 0.457 e. The molecule has 4 heteroatoms. The van der Waals surface area contributed by atoms with Crippen LogP contribution in [0.25, 0.3) is 0 Å². The van der Waals surface area contributed by atoms with E-state index in [1.807, 2.05) is 0 Å². The summed E-state index contributed by atoms with van der Waals surface area (Å²) in [6.45, 7) is 3.32. The number of benzene rings is 1. The van der Waals surface area contributed by atoms with E-state index in [4.69, 9.17) is 4.74 Å². The third kappa shape index (κ3) is 3.81. The molecule has 1 rings (SSSR count). The van der Waals surface area contributed by atoms with Crippen LogP contribution in [0.5, 0.6) is 0 Å². The molecule has 0 saturated heterocycles. The second kappa shape index (κ2) is 5.39. The molecule has 0 spiro atoms. The Morgan fingerprint density at radius 1 is 1.38 bits per heavy atom. The molecule has 86 valence electrons. The van der Waals surface area contributed by atoms with Crippen LogP contribution in [0.2, 0.25) is 0 Å². The summed E-state index contributed by atoms with van der Waals surface area (Å²) < 4.78 is 17.5. The highest BCUT2D eigenvalue weighted by atomic mass is 19.1. The van der Waals surface area contributed by atoms with E-state index < -0.39 is 17.6 Å². The van der Waals surface area contributed by atoms with E-state index in [1.165, 1.54) is 18.2 Å². The van der Waals surface area contributed by atoms with E-state index >= 15 is 0 Å². The minimum absolute atomic E-state index is 0.136. The zero-order valence-electron chi connectivity index (χ0n) is 9.20. The zero-order chi connectivity index (χ0) is 12.1. The first-order valence-electron chi connectivity index (χ1n) is 4.97. The van der Waals surface area contributed by atoms with E-state index in [1.54, 1.807) is 19.9 Å². The van der Waals surface area contributed by atoms with Gasteiger partial charge in [-0.25, -0.2) is 9.18 Å². The summed E-state index contributed by atoms with van der Waals surface area (Å²) in [6.07, 6.45) is -0.465. The van der Waals surface area contributed by atoms with Crippen LogP contribution in [0.4, 0.5) is 4.39 Å². The Morgan fingerprint density at radius 2 is 2.06 bits per heavy atom. The quantitative estimate of drug-likeness (QED) is 0.579. The normalized spacial score (nSPS) is 10.2. The molecule has 0 aliphatic carbocycles. The van der Waals surface area contributed by atoms with Crippen LogP contribution in [0.3, 0.4) is 0 Å². The van der Waals surface area contributed by atoms with Gasteiger partial charge in [-0.05, 0) is 31.5 Å². The van der Waals surface area contributed by atoms with Crippen molar-refractivity contribution in [1.82, 2.24) is 0 Å². The SMILES string of the molecule is CC(C)OC(=O)C(=O)Cc1cccc(F)c1. The Morgan fingerprint density at radius 3 is 2.62 bits per heavy atom. The molecule has 0 radical (unpaired) electrons. The van der Waals surface area contributed by atoms with Gasteiger partial charge in [-0.3, -0.25) is 4.79 Å². The monoisotopic (exact) mass is 224 g/mol. The van der Waals surface area contributed by atoms with Gasteiger partial charge in [-0.2, -0.15) is 0 Å². The van der Waals surface area contributed by atoms with E-state index in [9.17, 15) is 14.0 Å². The summed E-state index contributed by atoms with van der Waals surface area (Å²) in [5, 5.41) is 0. The Balaban J connectivity index is 2.61. The lowest BCUT2D eigenvalue weighted by atomic mass is 10.1. The fourth-order valence-electron chi connectivity index (χ4n) is 1.18. The number of hydrogen-bond donors (Lipinski definition) is 0. The van der Waals surface area contributed by atoms with Crippen LogP contribution < -0.4 is 0 Å². The molecule has 0 N–H and O–H groups in total. The standard InChI is InChI=1S/C12H13FO3/c1-8(2)16-12(15)11(14)7-9-4-3-5-10(13)6-9/h3-6,8H,7H2,1-2H3. The highest BCUT2D eigenvalue weighted by molar-refractivity contribution is 6.34. The molecule has 0 atom stereocenters. The van der Waals surface area contributed by atoms with Gasteiger partial charge in [0.25, 0.3) is 0 Å². The molecule has 0 aliphatic rings. The molecule has 0 aliphatic heterocycles. The van der Waals surface area contributed by atoms with Gasteiger partial charge in [0.05, 0.1) is 6.10 Å². The summed E-state index contributed by atoms with van der Waals surface area (Å²) in [5.74, 6) is -1.97. The fraction of sp³-hybridized carbons (Fsp3) is 0.333. The Bertz CT molecular complexity index is 399. The second-order valence-electron chi connectivity index (χ2n) is 3.68. The number of Topliss-reactive ketones (excluding diaryl/α,β-unsaturated/α-hetero) is 1.